The van der Waals surface area contributed by atoms with Crippen molar-refractivity contribution in [2.24, 2.45) is 0 Å². The average molecular weight is 665 g/mol. The summed E-state index contributed by atoms with van der Waals surface area (Å²) in [6, 6.07) is 62.4. The molecule has 0 aliphatic heterocycles. The fourth-order valence-corrected chi connectivity index (χ4v) is 8.40. The summed E-state index contributed by atoms with van der Waals surface area (Å²) in [5, 5.41) is 2.55. The van der Waals surface area contributed by atoms with Crippen molar-refractivity contribution in [3.05, 3.63) is 193 Å². The number of hydrogen-bond acceptors (Lipinski definition) is 1. The van der Waals surface area contributed by atoms with Crippen molar-refractivity contribution in [1.29, 1.82) is 0 Å². The predicted octanol–water partition coefficient (Wildman–Crippen LogP) is 13.2. The number of aromatic nitrogens is 2. The Hall–Kier alpha value is -6.51. The first-order valence-corrected chi connectivity index (χ1v) is 18.0. The van der Waals surface area contributed by atoms with Crippen LogP contribution < -0.4 is 0 Å². The Kier molecular flexibility index (Phi) is 6.87. The maximum atomic E-state index is 4.16. The highest BCUT2D eigenvalue weighted by atomic mass is 15.0. The third kappa shape index (κ3) is 4.83. The van der Waals surface area contributed by atoms with Gasteiger partial charge < -0.3 is 4.57 Å². The molecule has 0 amide bonds. The number of para-hydroxylation sites is 2. The quantitative estimate of drug-likeness (QED) is 0.179. The molecule has 0 bridgehead atoms. The van der Waals surface area contributed by atoms with Crippen LogP contribution in [0.2, 0.25) is 0 Å². The van der Waals surface area contributed by atoms with Crippen molar-refractivity contribution >= 4 is 21.8 Å². The minimum absolute atomic E-state index is 0.123. The van der Waals surface area contributed by atoms with E-state index in [0.29, 0.717) is 0 Å². The average Bonchev–Trinajstić information content (AvgIpc) is 3.66. The van der Waals surface area contributed by atoms with Gasteiger partial charge in [0.2, 0.25) is 0 Å². The van der Waals surface area contributed by atoms with E-state index in [9.17, 15) is 0 Å². The van der Waals surface area contributed by atoms with E-state index in [1.165, 1.54) is 94.3 Å². The second-order valence-electron chi connectivity index (χ2n) is 14.5. The highest BCUT2D eigenvalue weighted by Crippen LogP contribution is 2.51. The molecule has 246 valence electrons. The fourth-order valence-electron chi connectivity index (χ4n) is 8.40. The standard InChI is InChI=1S/C50H36N2/c1-50(2)46-31-39(34-19-17-33(18-20-34)35-25-27-51-28-26-35)21-23-42(46)43-24-22-40(32-47(43)50)37-10-7-9-36(29-37)38-11-8-12-41(30-38)52-48-15-5-3-13-44(48)45-14-4-6-16-49(45)52/h3-32H,1-2H3. The van der Waals surface area contributed by atoms with Gasteiger partial charge in [0.1, 0.15) is 0 Å². The monoisotopic (exact) mass is 664 g/mol. The van der Waals surface area contributed by atoms with Crippen LogP contribution in [0, 0.1) is 0 Å². The fraction of sp³-hybridized carbons (Fsp3) is 0.0600. The molecule has 0 radical (unpaired) electrons. The van der Waals surface area contributed by atoms with Gasteiger partial charge in [-0.25, -0.2) is 0 Å². The van der Waals surface area contributed by atoms with E-state index in [4.69, 9.17) is 0 Å². The van der Waals surface area contributed by atoms with Crippen LogP contribution in [0.1, 0.15) is 25.0 Å². The Bertz CT molecular complexity index is 2750. The highest BCUT2D eigenvalue weighted by molar-refractivity contribution is 6.09. The van der Waals surface area contributed by atoms with E-state index in [0.717, 1.165) is 0 Å². The van der Waals surface area contributed by atoms with Crippen molar-refractivity contribution in [3.63, 3.8) is 0 Å². The smallest absolute Gasteiger partial charge is 0.0541 e. The van der Waals surface area contributed by atoms with Crippen LogP contribution in [-0.4, -0.2) is 9.55 Å². The second-order valence-corrected chi connectivity index (χ2v) is 14.5. The Morgan fingerprint density at radius 2 is 0.827 bits per heavy atom. The van der Waals surface area contributed by atoms with Gasteiger partial charge >= 0.3 is 0 Å². The number of nitrogens with zero attached hydrogens (tertiary/aromatic N) is 2. The first-order chi connectivity index (χ1) is 25.5. The Morgan fingerprint density at radius 1 is 0.385 bits per heavy atom. The number of fused-ring (bicyclic) bond motifs is 6. The van der Waals surface area contributed by atoms with Crippen molar-refractivity contribution in [1.82, 2.24) is 9.55 Å². The van der Waals surface area contributed by atoms with Crippen LogP contribution in [0.15, 0.2) is 182 Å². The molecule has 52 heavy (non-hydrogen) atoms. The molecular formula is C50H36N2. The molecule has 0 atom stereocenters. The van der Waals surface area contributed by atoms with Crippen molar-refractivity contribution in [2.75, 3.05) is 0 Å². The van der Waals surface area contributed by atoms with Gasteiger partial charge in [0.15, 0.2) is 0 Å². The molecule has 0 spiro atoms. The molecule has 2 heterocycles. The Balaban J connectivity index is 0.981. The number of pyridine rings is 1. The van der Waals surface area contributed by atoms with E-state index >= 15 is 0 Å². The minimum Gasteiger partial charge on any atom is -0.309 e. The van der Waals surface area contributed by atoms with Gasteiger partial charge in [-0.05, 0) is 121 Å². The lowest BCUT2D eigenvalue weighted by Crippen LogP contribution is -2.15. The molecule has 0 saturated heterocycles. The summed E-state index contributed by atoms with van der Waals surface area (Å²) in [5.74, 6) is 0. The Morgan fingerprint density at radius 3 is 1.42 bits per heavy atom. The molecular weight excluding hydrogens is 629 g/mol. The predicted molar refractivity (Wildman–Crippen MR) is 218 cm³/mol. The molecule has 7 aromatic carbocycles. The van der Waals surface area contributed by atoms with Gasteiger partial charge in [-0.1, -0.05) is 129 Å². The SMILES string of the molecule is CC1(C)c2cc(-c3ccc(-c4ccncc4)cc3)ccc2-c2ccc(-c3cccc(-c4cccc(-n5c6ccccc6c6ccccc65)c4)c3)cc21. The van der Waals surface area contributed by atoms with Crippen LogP contribution >= 0.6 is 0 Å². The summed E-state index contributed by atoms with van der Waals surface area (Å²) in [6.45, 7) is 4.74. The summed E-state index contributed by atoms with van der Waals surface area (Å²) in [6.07, 6.45) is 3.69. The van der Waals surface area contributed by atoms with E-state index in [-0.39, 0.29) is 5.41 Å². The molecule has 0 saturated carbocycles. The second kappa shape index (κ2) is 11.8. The summed E-state index contributed by atoms with van der Waals surface area (Å²) < 4.78 is 2.39. The van der Waals surface area contributed by atoms with Gasteiger partial charge in [0, 0.05) is 34.3 Å². The van der Waals surface area contributed by atoms with E-state index < -0.39 is 0 Å². The van der Waals surface area contributed by atoms with E-state index in [1.54, 1.807) is 0 Å². The normalized spacial score (nSPS) is 13.0. The molecule has 0 unspecified atom stereocenters. The lowest BCUT2D eigenvalue weighted by Gasteiger charge is -2.23. The van der Waals surface area contributed by atoms with Crippen molar-refractivity contribution in [3.8, 4) is 61.3 Å². The van der Waals surface area contributed by atoms with Gasteiger partial charge in [-0.2, -0.15) is 0 Å². The van der Waals surface area contributed by atoms with Crippen LogP contribution in [0.25, 0.3) is 83.1 Å². The highest BCUT2D eigenvalue weighted by Gasteiger charge is 2.36. The van der Waals surface area contributed by atoms with Crippen molar-refractivity contribution in [2.45, 2.75) is 19.3 Å². The molecule has 1 aliphatic rings. The third-order valence-electron chi connectivity index (χ3n) is 11.1. The number of rotatable bonds is 5. The van der Waals surface area contributed by atoms with Gasteiger partial charge in [0.05, 0.1) is 11.0 Å². The number of hydrogen-bond donors (Lipinski definition) is 0. The summed E-state index contributed by atoms with van der Waals surface area (Å²) in [5.41, 5.74) is 18.7. The number of benzene rings is 7. The molecule has 2 aromatic heterocycles. The Labute approximate surface area is 304 Å². The molecule has 9 aromatic rings. The largest absolute Gasteiger partial charge is 0.309 e. The summed E-state index contributed by atoms with van der Waals surface area (Å²) >= 11 is 0. The third-order valence-corrected chi connectivity index (χ3v) is 11.1. The zero-order valence-corrected chi connectivity index (χ0v) is 29.2. The first kappa shape index (κ1) is 30.3. The van der Waals surface area contributed by atoms with E-state index in [1.807, 2.05) is 12.4 Å². The minimum atomic E-state index is -0.123. The molecule has 2 heteroatoms. The summed E-state index contributed by atoms with van der Waals surface area (Å²) in [4.78, 5) is 4.16. The lowest BCUT2D eigenvalue weighted by atomic mass is 9.80. The zero-order valence-electron chi connectivity index (χ0n) is 29.2. The topological polar surface area (TPSA) is 17.8 Å². The molecule has 2 nitrogen and oxygen atoms in total. The van der Waals surface area contributed by atoms with Gasteiger partial charge in [0.25, 0.3) is 0 Å². The van der Waals surface area contributed by atoms with Crippen LogP contribution in [0.3, 0.4) is 0 Å². The van der Waals surface area contributed by atoms with Crippen LogP contribution in [-0.2, 0) is 5.41 Å². The molecule has 1 aliphatic carbocycles. The van der Waals surface area contributed by atoms with Gasteiger partial charge in [-0.15, -0.1) is 0 Å². The van der Waals surface area contributed by atoms with Crippen molar-refractivity contribution < 1.29 is 0 Å². The molecule has 0 fully saturated rings. The first-order valence-electron chi connectivity index (χ1n) is 18.0. The van der Waals surface area contributed by atoms with E-state index in [2.05, 4.69) is 193 Å². The maximum Gasteiger partial charge on any atom is 0.0541 e. The van der Waals surface area contributed by atoms with Crippen LogP contribution in [0.5, 0.6) is 0 Å². The summed E-state index contributed by atoms with van der Waals surface area (Å²) in [7, 11) is 0. The van der Waals surface area contributed by atoms with Gasteiger partial charge in [-0.3, -0.25) is 4.98 Å². The molecule has 0 N–H and O–H groups in total. The lowest BCUT2D eigenvalue weighted by molar-refractivity contribution is 0.661. The maximum absolute atomic E-state index is 4.16. The zero-order chi connectivity index (χ0) is 34.8. The van der Waals surface area contributed by atoms with Crippen LogP contribution in [0.4, 0.5) is 0 Å². The molecule has 10 rings (SSSR count).